The molecule has 0 aliphatic heterocycles. The molecule has 0 saturated heterocycles. The van der Waals surface area contributed by atoms with Gasteiger partial charge in [0.1, 0.15) is 6.61 Å². The molecule has 0 aliphatic carbocycles. The minimum atomic E-state index is -0.0961. The second-order valence-electron chi connectivity index (χ2n) is 4.67. The summed E-state index contributed by atoms with van der Waals surface area (Å²) < 4.78 is 11.6. The molecule has 0 saturated carbocycles. The van der Waals surface area contributed by atoms with Gasteiger partial charge in [0.05, 0.1) is 6.61 Å². The molecular formula is C17H21NO2. The van der Waals surface area contributed by atoms with Crippen LogP contribution in [0.2, 0.25) is 0 Å². The van der Waals surface area contributed by atoms with E-state index in [-0.39, 0.29) is 6.04 Å². The fraction of sp³-hybridized carbons (Fsp3) is 0.294. The molecule has 2 aromatic rings. The standard InChI is InChI=1S/C17H21NO2/c1-3-19-16-11-7-10-15(13(2)18)17(16)20-12-14-8-5-4-6-9-14/h4-11,13H,3,12,18H2,1-2H3. The number of nitrogens with two attached hydrogens (primary N) is 1. The summed E-state index contributed by atoms with van der Waals surface area (Å²) in [5.74, 6) is 1.49. The van der Waals surface area contributed by atoms with Gasteiger partial charge < -0.3 is 15.2 Å². The first-order valence-corrected chi connectivity index (χ1v) is 6.90. The molecule has 0 aliphatic rings. The topological polar surface area (TPSA) is 44.5 Å². The largest absolute Gasteiger partial charge is 0.490 e. The van der Waals surface area contributed by atoms with E-state index >= 15 is 0 Å². The monoisotopic (exact) mass is 271 g/mol. The van der Waals surface area contributed by atoms with Gasteiger partial charge in [0, 0.05) is 11.6 Å². The van der Waals surface area contributed by atoms with Gasteiger partial charge in [-0.05, 0) is 25.5 Å². The van der Waals surface area contributed by atoms with Gasteiger partial charge in [-0.1, -0.05) is 42.5 Å². The lowest BCUT2D eigenvalue weighted by Crippen LogP contribution is -2.09. The van der Waals surface area contributed by atoms with Crippen LogP contribution in [0.5, 0.6) is 11.5 Å². The van der Waals surface area contributed by atoms with Crippen LogP contribution >= 0.6 is 0 Å². The fourth-order valence-corrected chi connectivity index (χ4v) is 2.04. The first kappa shape index (κ1) is 14.4. The third kappa shape index (κ3) is 3.52. The van der Waals surface area contributed by atoms with E-state index in [0.717, 1.165) is 22.6 Å². The second-order valence-corrected chi connectivity index (χ2v) is 4.67. The molecule has 0 bridgehead atoms. The quantitative estimate of drug-likeness (QED) is 0.871. The van der Waals surface area contributed by atoms with Crippen molar-refractivity contribution in [2.24, 2.45) is 5.73 Å². The van der Waals surface area contributed by atoms with Gasteiger partial charge in [0.2, 0.25) is 0 Å². The van der Waals surface area contributed by atoms with E-state index in [9.17, 15) is 0 Å². The Balaban J connectivity index is 2.23. The van der Waals surface area contributed by atoms with Crippen LogP contribution in [0.15, 0.2) is 48.5 Å². The molecule has 2 N–H and O–H groups in total. The molecule has 0 spiro atoms. The van der Waals surface area contributed by atoms with E-state index in [4.69, 9.17) is 15.2 Å². The zero-order valence-electron chi connectivity index (χ0n) is 12.0. The summed E-state index contributed by atoms with van der Waals surface area (Å²) >= 11 is 0. The van der Waals surface area contributed by atoms with Gasteiger partial charge >= 0.3 is 0 Å². The van der Waals surface area contributed by atoms with Crippen molar-refractivity contribution in [1.82, 2.24) is 0 Å². The number of hydrogen-bond donors (Lipinski definition) is 1. The van der Waals surface area contributed by atoms with Crippen LogP contribution in [0.1, 0.15) is 31.0 Å². The Labute approximate surface area is 120 Å². The Morgan fingerprint density at radius 3 is 2.40 bits per heavy atom. The van der Waals surface area contributed by atoms with Crippen LogP contribution in [0.3, 0.4) is 0 Å². The molecule has 2 aromatic carbocycles. The maximum Gasteiger partial charge on any atom is 0.166 e. The Morgan fingerprint density at radius 1 is 1.00 bits per heavy atom. The van der Waals surface area contributed by atoms with E-state index in [1.54, 1.807) is 0 Å². The molecule has 1 atom stereocenters. The molecular weight excluding hydrogens is 250 g/mol. The molecule has 3 heteroatoms. The number of ether oxygens (including phenoxy) is 2. The SMILES string of the molecule is CCOc1cccc(C(C)N)c1OCc1ccccc1. The Morgan fingerprint density at radius 2 is 1.75 bits per heavy atom. The molecule has 20 heavy (non-hydrogen) atoms. The summed E-state index contributed by atoms with van der Waals surface area (Å²) in [6.07, 6.45) is 0. The van der Waals surface area contributed by atoms with Crippen LogP contribution in [-0.4, -0.2) is 6.61 Å². The van der Waals surface area contributed by atoms with Crippen molar-refractivity contribution in [1.29, 1.82) is 0 Å². The predicted octanol–water partition coefficient (Wildman–Crippen LogP) is 3.68. The number of rotatable bonds is 6. The highest BCUT2D eigenvalue weighted by Gasteiger charge is 2.14. The van der Waals surface area contributed by atoms with Crippen molar-refractivity contribution in [3.8, 4) is 11.5 Å². The van der Waals surface area contributed by atoms with Gasteiger partial charge in [-0.25, -0.2) is 0 Å². The molecule has 2 rings (SSSR count). The smallest absolute Gasteiger partial charge is 0.166 e. The minimum absolute atomic E-state index is 0.0961. The summed E-state index contributed by atoms with van der Waals surface area (Å²) in [4.78, 5) is 0. The van der Waals surface area contributed by atoms with E-state index in [2.05, 4.69) is 0 Å². The van der Waals surface area contributed by atoms with Crippen molar-refractivity contribution >= 4 is 0 Å². The first-order valence-electron chi connectivity index (χ1n) is 6.90. The highest BCUT2D eigenvalue weighted by atomic mass is 16.5. The van der Waals surface area contributed by atoms with E-state index in [1.165, 1.54) is 0 Å². The van der Waals surface area contributed by atoms with Crippen LogP contribution in [0.25, 0.3) is 0 Å². The van der Waals surface area contributed by atoms with Crippen LogP contribution in [0.4, 0.5) is 0 Å². The molecule has 0 amide bonds. The highest BCUT2D eigenvalue weighted by Crippen LogP contribution is 2.34. The summed E-state index contributed by atoms with van der Waals surface area (Å²) in [5, 5.41) is 0. The van der Waals surface area contributed by atoms with Gasteiger partial charge in [-0.15, -0.1) is 0 Å². The van der Waals surface area contributed by atoms with Gasteiger partial charge in [0.15, 0.2) is 11.5 Å². The van der Waals surface area contributed by atoms with Crippen molar-refractivity contribution < 1.29 is 9.47 Å². The highest BCUT2D eigenvalue weighted by molar-refractivity contribution is 5.48. The second kappa shape index (κ2) is 6.96. The molecule has 0 aromatic heterocycles. The summed E-state index contributed by atoms with van der Waals surface area (Å²) in [7, 11) is 0. The van der Waals surface area contributed by atoms with Crippen LogP contribution in [0, 0.1) is 0 Å². The first-order chi connectivity index (χ1) is 9.72. The number of benzene rings is 2. The molecule has 3 nitrogen and oxygen atoms in total. The number of para-hydroxylation sites is 1. The summed E-state index contributed by atoms with van der Waals surface area (Å²) in [5.41, 5.74) is 8.10. The maximum atomic E-state index is 6.01. The van der Waals surface area contributed by atoms with Gasteiger partial charge in [-0.3, -0.25) is 0 Å². The average molecular weight is 271 g/mol. The molecule has 0 fully saturated rings. The zero-order valence-corrected chi connectivity index (χ0v) is 12.0. The van der Waals surface area contributed by atoms with Gasteiger partial charge in [-0.2, -0.15) is 0 Å². The minimum Gasteiger partial charge on any atom is -0.490 e. The Kier molecular flexibility index (Phi) is 5.02. The van der Waals surface area contributed by atoms with Crippen LogP contribution < -0.4 is 15.2 Å². The van der Waals surface area contributed by atoms with E-state index < -0.39 is 0 Å². The molecule has 0 radical (unpaired) electrons. The van der Waals surface area contributed by atoms with E-state index in [0.29, 0.717) is 13.2 Å². The maximum absolute atomic E-state index is 6.01. The van der Waals surface area contributed by atoms with Gasteiger partial charge in [0.25, 0.3) is 0 Å². The lowest BCUT2D eigenvalue weighted by Gasteiger charge is -2.17. The third-order valence-electron chi connectivity index (χ3n) is 3.03. The zero-order chi connectivity index (χ0) is 14.4. The Hall–Kier alpha value is -2.00. The van der Waals surface area contributed by atoms with E-state index in [1.807, 2.05) is 62.4 Å². The fourth-order valence-electron chi connectivity index (χ4n) is 2.04. The lowest BCUT2D eigenvalue weighted by molar-refractivity contribution is 0.265. The Bertz CT molecular complexity index is 538. The number of hydrogen-bond acceptors (Lipinski definition) is 3. The predicted molar refractivity (Wildman–Crippen MR) is 81.0 cm³/mol. The average Bonchev–Trinajstić information content (AvgIpc) is 2.47. The van der Waals surface area contributed by atoms with Crippen molar-refractivity contribution in [2.45, 2.75) is 26.5 Å². The third-order valence-corrected chi connectivity index (χ3v) is 3.03. The normalized spacial score (nSPS) is 11.9. The molecule has 106 valence electrons. The van der Waals surface area contributed by atoms with Crippen molar-refractivity contribution in [2.75, 3.05) is 6.61 Å². The lowest BCUT2D eigenvalue weighted by atomic mass is 10.1. The van der Waals surface area contributed by atoms with Crippen molar-refractivity contribution in [3.63, 3.8) is 0 Å². The summed E-state index contributed by atoms with van der Waals surface area (Å²) in [6, 6.07) is 15.8. The summed E-state index contributed by atoms with van der Waals surface area (Å²) in [6.45, 7) is 5.01. The van der Waals surface area contributed by atoms with Crippen molar-refractivity contribution in [3.05, 3.63) is 59.7 Å². The molecule has 0 heterocycles. The molecule has 1 unspecified atom stereocenters. The van der Waals surface area contributed by atoms with Crippen LogP contribution in [-0.2, 0) is 6.61 Å².